The summed E-state index contributed by atoms with van der Waals surface area (Å²) in [7, 11) is 0. The van der Waals surface area contributed by atoms with Gasteiger partial charge >= 0.3 is 0 Å². The molecule has 0 saturated carbocycles. The van der Waals surface area contributed by atoms with Crippen molar-refractivity contribution in [3.8, 4) is 0 Å². The fraction of sp³-hybridized carbons (Fsp3) is 0.500. The van der Waals surface area contributed by atoms with E-state index in [4.69, 9.17) is 5.73 Å². The van der Waals surface area contributed by atoms with Gasteiger partial charge in [0.05, 0.1) is 15.9 Å². The summed E-state index contributed by atoms with van der Waals surface area (Å²) < 4.78 is 1.07. The van der Waals surface area contributed by atoms with Gasteiger partial charge in [-0.2, -0.15) is 0 Å². The van der Waals surface area contributed by atoms with Gasteiger partial charge in [-0.05, 0) is 41.4 Å². The van der Waals surface area contributed by atoms with Gasteiger partial charge in [0.1, 0.15) is 0 Å². The molecule has 1 aromatic rings. The van der Waals surface area contributed by atoms with Crippen molar-refractivity contribution in [1.29, 1.82) is 0 Å². The first-order valence-corrected chi connectivity index (χ1v) is 6.38. The summed E-state index contributed by atoms with van der Waals surface area (Å²) in [6, 6.07) is 3.95. The monoisotopic (exact) mass is 290 g/mol. The second-order valence-corrected chi connectivity index (χ2v) is 6.21. The van der Waals surface area contributed by atoms with Crippen molar-refractivity contribution in [2.45, 2.75) is 32.4 Å². The van der Waals surface area contributed by atoms with E-state index in [1.165, 1.54) is 0 Å². The molecule has 0 bridgehead atoms. The van der Waals surface area contributed by atoms with Gasteiger partial charge in [-0.1, -0.05) is 6.92 Å². The first-order valence-electron chi connectivity index (χ1n) is 4.77. The van der Waals surface area contributed by atoms with Crippen LogP contribution in [0.5, 0.6) is 0 Å². The minimum atomic E-state index is -0.769. The Morgan fingerprint density at radius 3 is 2.80 bits per heavy atom. The molecule has 1 unspecified atom stereocenters. The molecule has 3 nitrogen and oxygen atoms in total. The Kier molecular flexibility index (Phi) is 4.31. The van der Waals surface area contributed by atoms with E-state index in [2.05, 4.69) is 21.2 Å². The van der Waals surface area contributed by atoms with Crippen LogP contribution in [0.1, 0.15) is 25.1 Å². The molecule has 1 aromatic heterocycles. The zero-order valence-electron chi connectivity index (χ0n) is 8.84. The topological polar surface area (TPSA) is 55.1 Å². The molecule has 0 aliphatic heterocycles. The summed E-state index contributed by atoms with van der Waals surface area (Å²) in [6.45, 7) is 4.19. The maximum Gasteiger partial charge on any atom is 0.240 e. The van der Waals surface area contributed by atoms with Crippen molar-refractivity contribution in [2.24, 2.45) is 5.73 Å². The molecule has 0 aliphatic rings. The van der Waals surface area contributed by atoms with Crippen molar-refractivity contribution in [1.82, 2.24) is 5.32 Å². The molecular formula is C10H15BrN2OS. The van der Waals surface area contributed by atoms with Crippen LogP contribution in [0.4, 0.5) is 0 Å². The van der Waals surface area contributed by atoms with Crippen LogP contribution >= 0.6 is 27.3 Å². The van der Waals surface area contributed by atoms with Gasteiger partial charge in [0.15, 0.2) is 0 Å². The minimum Gasteiger partial charge on any atom is -0.350 e. The first-order chi connectivity index (χ1) is 6.95. The van der Waals surface area contributed by atoms with Gasteiger partial charge in [0.25, 0.3) is 0 Å². The quantitative estimate of drug-likeness (QED) is 0.894. The third kappa shape index (κ3) is 3.59. The molecule has 0 fully saturated rings. The first kappa shape index (κ1) is 12.7. The van der Waals surface area contributed by atoms with E-state index in [0.29, 0.717) is 13.0 Å². The third-order valence-electron chi connectivity index (χ3n) is 2.31. The smallest absolute Gasteiger partial charge is 0.240 e. The molecule has 1 atom stereocenters. The molecule has 0 spiro atoms. The van der Waals surface area contributed by atoms with Crippen LogP contribution in [0, 0.1) is 0 Å². The standard InChI is InChI=1S/C10H15BrN2OS/c1-3-10(2,12)9(14)13-6-7-4-5-8(11)15-7/h4-5H,3,6,12H2,1-2H3,(H,13,14). The number of halogens is 1. The molecule has 84 valence electrons. The Morgan fingerprint density at radius 1 is 1.67 bits per heavy atom. The van der Waals surface area contributed by atoms with Crippen LogP contribution in [0.25, 0.3) is 0 Å². The van der Waals surface area contributed by atoms with E-state index < -0.39 is 5.54 Å². The van der Waals surface area contributed by atoms with E-state index >= 15 is 0 Å². The van der Waals surface area contributed by atoms with Crippen molar-refractivity contribution in [3.05, 3.63) is 20.8 Å². The molecule has 3 N–H and O–H groups in total. The molecule has 1 amide bonds. The van der Waals surface area contributed by atoms with Gasteiger partial charge < -0.3 is 11.1 Å². The lowest BCUT2D eigenvalue weighted by atomic mass is 10.00. The predicted octanol–water partition coefficient (Wildman–Crippen LogP) is 2.25. The summed E-state index contributed by atoms with van der Waals surface area (Å²) in [5.41, 5.74) is 5.04. The Bertz CT molecular complexity index is 349. The second-order valence-electron chi connectivity index (χ2n) is 3.66. The largest absolute Gasteiger partial charge is 0.350 e. The fourth-order valence-corrected chi connectivity index (χ4v) is 2.40. The molecule has 0 radical (unpaired) electrons. The van der Waals surface area contributed by atoms with Crippen LogP contribution in [-0.4, -0.2) is 11.4 Å². The number of amides is 1. The highest BCUT2D eigenvalue weighted by Gasteiger charge is 2.25. The molecule has 0 saturated heterocycles. The van der Waals surface area contributed by atoms with E-state index in [9.17, 15) is 4.79 Å². The number of nitrogens with two attached hydrogens (primary N) is 1. The van der Waals surface area contributed by atoms with E-state index in [0.717, 1.165) is 8.66 Å². The highest BCUT2D eigenvalue weighted by Crippen LogP contribution is 2.21. The summed E-state index contributed by atoms with van der Waals surface area (Å²) in [6.07, 6.45) is 0.632. The van der Waals surface area contributed by atoms with Gasteiger partial charge in [-0.15, -0.1) is 11.3 Å². The summed E-state index contributed by atoms with van der Waals surface area (Å²) in [5.74, 6) is -0.102. The number of thiophene rings is 1. The highest BCUT2D eigenvalue weighted by atomic mass is 79.9. The Hall–Kier alpha value is -0.390. The predicted molar refractivity (Wildman–Crippen MR) is 66.7 cm³/mol. The van der Waals surface area contributed by atoms with Gasteiger partial charge in [0.2, 0.25) is 5.91 Å². The second kappa shape index (κ2) is 5.09. The van der Waals surface area contributed by atoms with Gasteiger partial charge in [0, 0.05) is 4.88 Å². The lowest BCUT2D eigenvalue weighted by Crippen LogP contribution is -2.50. The average molecular weight is 291 g/mol. The fourth-order valence-electron chi connectivity index (χ4n) is 0.977. The molecule has 0 aliphatic carbocycles. The Balaban J connectivity index is 2.47. The normalized spacial score (nSPS) is 14.7. The summed E-state index contributed by atoms with van der Waals surface area (Å²) in [5, 5.41) is 2.83. The minimum absolute atomic E-state index is 0.102. The molecular weight excluding hydrogens is 276 g/mol. The molecule has 1 heterocycles. The number of carbonyl (C=O) groups excluding carboxylic acids is 1. The zero-order valence-corrected chi connectivity index (χ0v) is 11.2. The van der Waals surface area contributed by atoms with Gasteiger partial charge in [-0.3, -0.25) is 4.79 Å². The maximum absolute atomic E-state index is 11.6. The molecule has 0 aromatic carbocycles. The number of rotatable bonds is 4. The van der Waals surface area contributed by atoms with Crippen molar-refractivity contribution >= 4 is 33.2 Å². The van der Waals surface area contributed by atoms with E-state index in [-0.39, 0.29) is 5.91 Å². The molecule has 5 heteroatoms. The van der Waals surface area contributed by atoms with Crippen LogP contribution in [0.3, 0.4) is 0 Å². The number of carbonyl (C=O) groups is 1. The van der Waals surface area contributed by atoms with E-state index in [1.807, 2.05) is 19.1 Å². The van der Waals surface area contributed by atoms with Gasteiger partial charge in [-0.25, -0.2) is 0 Å². The molecule has 15 heavy (non-hydrogen) atoms. The number of hydrogen-bond donors (Lipinski definition) is 2. The molecule has 1 rings (SSSR count). The SMILES string of the molecule is CCC(C)(N)C(=O)NCc1ccc(Br)s1. The zero-order chi connectivity index (χ0) is 11.5. The van der Waals surface area contributed by atoms with Crippen molar-refractivity contribution < 1.29 is 4.79 Å². The van der Waals surface area contributed by atoms with Crippen LogP contribution in [0.2, 0.25) is 0 Å². The number of nitrogens with one attached hydrogen (secondary N) is 1. The third-order valence-corrected chi connectivity index (χ3v) is 3.93. The van der Waals surface area contributed by atoms with Crippen molar-refractivity contribution in [2.75, 3.05) is 0 Å². The summed E-state index contributed by atoms with van der Waals surface area (Å²) in [4.78, 5) is 12.7. The van der Waals surface area contributed by atoms with Crippen LogP contribution in [0.15, 0.2) is 15.9 Å². The van der Waals surface area contributed by atoms with Crippen LogP contribution in [-0.2, 0) is 11.3 Å². The average Bonchev–Trinajstić information content (AvgIpc) is 2.60. The lowest BCUT2D eigenvalue weighted by Gasteiger charge is -2.21. The summed E-state index contributed by atoms with van der Waals surface area (Å²) >= 11 is 4.98. The van der Waals surface area contributed by atoms with Crippen LogP contribution < -0.4 is 11.1 Å². The Labute approximate surface area is 102 Å². The van der Waals surface area contributed by atoms with E-state index in [1.54, 1.807) is 18.3 Å². The van der Waals surface area contributed by atoms with Crippen molar-refractivity contribution in [3.63, 3.8) is 0 Å². The highest BCUT2D eigenvalue weighted by molar-refractivity contribution is 9.11. The maximum atomic E-state index is 11.6. The Morgan fingerprint density at radius 2 is 2.33 bits per heavy atom. The lowest BCUT2D eigenvalue weighted by molar-refractivity contribution is -0.126. The number of hydrogen-bond acceptors (Lipinski definition) is 3.